The summed E-state index contributed by atoms with van der Waals surface area (Å²) in [5.41, 5.74) is 8.34. The summed E-state index contributed by atoms with van der Waals surface area (Å²) >= 11 is 1.86. The van der Waals surface area contributed by atoms with E-state index in [1.54, 1.807) is 0 Å². The summed E-state index contributed by atoms with van der Waals surface area (Å²) in [5, 5.41) is 10.2. The third kappa shape index (κ3) is 4.76. The Morgan fingerprint density at radius 1 is 0.340 bits per heavy atom. The molecule has 0 aliphatic heterocycles. The van der Waals surface area contributed by atoms with Crippen LogP contribution in [0.4, 0.5) is 17.1 Å². The van der Waals surface area contributed by atoms with Crippen molar-refractivity contribution in [3.05, 3.63) is 188 Å². The van der Waals surface area contributed by atoms with Gasteiger partial charge in [-0.05, 0) is 103 Å². The van der Waals surface area contributed by atoms with Gasteiger partial charge in [-0.15, -0.1) is 11.3 Å². The lowest BCUT2D eigenvalue weighted by molar-refractivity contribution is 1.31. The summed E-state index contributed by atoms with van der Waals surface area (Å²) in [6.07, 6.45) is 0. The predicted octanol–water partition coefficient (Wildman–Crippen LogP) is 14.3. The van der Waals surface area contributed by atoms with Crippen LogP contribution in [0, 0.1) is 0 Å². The Hall–Kier alpha value is -6.22. The van der Waals surface area contributed by atoms with E-state index in [0.29, 0.717) is 0 Å². The number of hydrogen-bond donors (Lipinski definition) is 0. The fraction of sp³-hybridized carbons (Fsp3) is 0. The van der Waals surface area contributed by atoms with Crippen LogP contribution < -0.4 is 4.90 Å². The molecule has 0 N–H and O–H groups in total. The molecule has 0 radical (unpaired) electrons. The van der Waals surface area contributed by atoms with Crippen LogP contribution in [0.1, 0.15) is 0 Å². The van der Waals surface area contributed by atoms with E-state index in [-0.39, 0.29) is 0 Å². The molecule has 1 aromatic heterocycles. The van der Waals surface area contributed by atoms with Crippen LogP contribution in [0.15, 0.2) is 188 Å². The molecular formula is C48H31NS. The van der Waals surface area contributed by atoms with Crippen LogP contribution in [0.3, 0.4) is 0 Å². The summed E-state index contributed by atoms with van der Waals surface area (Å²) in [6, 6.07) is 68.8. The Morgan fingerprint density at radius 2 is 0.960 bits per heavy atom. The minimum Gasteiger partial charge on any atom is -0.310 e. The molecule has 1 heterocycles. The molecule has 2 heteroatoms. The summed E-state index contributed by atoms with van der Waals surface area (Å²) in [7, 11) is 0. The summed E-state index contributed by atoms with van der Waals surface area (Å²) in [5.74, 6) is 0. The molecule has 9 aromatic carbocycles. The van der Waals surface area contributed by atoms with Gasteiger partial charge in [0.2, 0.25) is 0 Å². The quantitative estimate of drug-likeness (QED) is 0.167. The molecule has 0 saturated carbocycles. The van der Waals surface area contributed by atoms with Gasteiger partial charge in [0.1, 0.15) is 0 Å². The highest BCUT2D eigenvalue weighted by Gasteiger charge is 2.19. The molecule has 0 amide bonds. The van der Waals surface area contributed by atoms with Crippen LogP contribution in [-0.2, 0) is 0 Å². The maximum absolute atomic E-state index is 2.44. The number of nitrogens with zero attached hydrogens (tertiary/aromatic N) is 1. The van der Waals surface area contributed by atoms with Crippen LogP contribution in [-0.4, -0.2) is 0 Å². The molecule has 234 valence electrons. The lowest BCUT2D eigenvalue weighted by atomic mass is 9.95. The zero-order chi connectivity index (χ0) is 33.0. The number of thiophene rings is 1. The first-order chi connectivity index (χ1) is 24.8. The van der Waals surface area contributed by atoms with Gasteiger partial charge in [0.15, 0.2) is 0 Å². The number of benzene rings is 9. The topological polar surface area (TPSA) is 3.24 Å². The predicted molar refractivity (Wildman–Crippen MR) is 217 cm³/mol. The van der Waals surface area contributed by atoms with E-state index in [1.165, 1.54) is 80.4 Å². The Morgan fingerprint density at radius 3 is 1.84 bits per heavy atom. The average Bonchev–Trinajstić information content (AvgIpc) is 3.57. The first-order valence-electron chi connectivity index (χ1n) is 17.1. The van der Waals surface area contributed by atoms with Crippen molar-refractivity contribution < 1.29 is 0 Å². The van der Waals surface area contributed by atoms with E-state index < -0.39 is 0 Å². The summed E-state index contributed by atoms with van der Waals surface area (Å²) in [6.45, 7) is 0. The highest BCUT2D eigenvalue weighted by molar-refractivity contribution is 7.26. The molecule has 0 spiro atoms. The Kier molecular flexibility index (Phi) is 6.75. The summed E-state index contributed by atoms with van der Waals surface area (Å²) in [4.78, 5) is 2.44. The molecular weight excluding hydrogens is 623 g/mol. The molecule has 0 fully saturated rings. The molecule has 0 bridgehead atoms. The molecule has 0 aliphatic carbocycles. The second-order valence-electron chi connectivity index (χ2n) is 12.9. The standard InChI is InChI=1S/C48H31NS/c1-3-15-40-33(10-1)12-8-18-42(40)36-14-7-13-35(30-36)32-24-26-38(27-25-32)49(45-19-9-21-47-48(45)44-17-5-6-20-46(44)50-47)39-28-29-43-37(31-39)23-22-34-11-2-4-16-41(34)43/h1-31H. The third-order valence-corrected chi connectivity index (χ3v) is 11.2. The van der Waals surface area contributed by atoms with Gasteiger partial charge in [-0.1, -0.05) is 140 Å². The van der Waals surface area contributed by atoms with Crippen molar-refractivity contribution in [3.63, 3.8) is 0 Å². The van der Waals surface area contributed by atoms with Crippen molar-refractivity contribution >= 4 is 80.9 Å². The Bertz CT molecular complexity index is 2870. The van der Waals surface area contributed by atoms with Crippen LogP contribution >= 0.6 is 11.3 Å². The molecule has 10 rings (SSSR count). The largest absolute Gasteiger partial charge is 0.310 e. The van der Waals surface area contributed by atoms with Gasteiger partial charge >= 0.3 is 0 Å². The van der Waals surface area contributed by atoms with E-state index >= 15 is 0 Å². The fourth-order valence-corrected chi connectivity index (χ4v) is 8.78. The number of rotatable bonds is 5. The van der Waals surface area contributed by atoms with Gasteiger partial charge in [-0.2, -0.15) is 0 Å². The van der Waals surface area contributed by atoms with Crippen molar-refractivity contribution in [3.8, 4) is 22.3 Å². The van der Waals surface area contributed by atoms with Gasteiger partial charge in [0.05, 0.1) is 5.69 Å². The minimum absolute atomic E-state index is 1.13. The van der Waals surface area contributed by atoms with E-state index in [0.717, 1.165) is 11.4 Å². The first-order valence-corrected chi connectivity index (χ1v) is 17.9. The van der Waals surface area contributed by atoms with Gasteiger partial charge in [-0.25, -0.2) is 0 Å². The molecule has 10 aromatic rings. The molecule has 0 saturated heterocycles. The van der Waals surface area contributed by atoms with Gasteiger partial charge in [0.25, 0.3) is 0 Å². The molecule has 0 unspecified atom stereocenters. The number of fused-ring (bicyclic) bond motifs is 7. The monoisotopic (exact) mass is 653 g/mol. The van der Waals surface area contributed by atoms with E-state index in [1.807, 2.05) is 11.3 Å². The minimum atomic E-state index is 1.13. The number of hydrogen-bond acceptors (Lipinski definition) is 2. The van der Waals surface area contributed by atoms with Crippen molar-refractivity contribution in [2.24, 2.45) is 0 Å². The first kappa shape index (κ1) is 28.8. The highest BCUT2D eigenvalue weighted by Crippen LogP contribution is 2.46. The van der Waals surface area contributed by atoms with E-state index in [4.69, 9.17) is 0 Å². The highest BCUT2D eigenvalue weighted by atomic mass is 32.1. The third-order valence-electron chi connectivity index (χ3n) is 10.0. The zero-order valence-corrected chi connectivity index (χ0v) is 28.1. The Balaban J connectivity index is 1.12. The van der Waals surface area contributed by atoms with Gasteiger partial charge in [-0.3, -0.25) is 0 Å². The fourth-order valence-electron chi connectivity index (χ4n) is 7.66. The van der Waals surface area contributed by atoms with Crippen LogP contribution in [0.5, 0.6) is 0 Å². The smallest absolute Gasteiger partial charge is 0.0554 e. The second kappa shape index (κ2) is 11.7. The lowest BCUT2D eigenvalue weighted by Gasteiger charge is -2.27. The lowest BCUT2D eigenvalue weighted by Crippen LogP contribution is -2.10. The van der Waals surface area contributed by atoms with E-state index in [2.05, 4.69) is 193 Å². The normalized spacial score (nSPS) is 11.6. The maximum Gasteiger partial charge on any atom is 0.0554 e. The molecule has 0 aliphatic rings. The molecule has 50 heavy (non-hydrogen) atoms. The summed E-state index contributed by atoms with van der Waals surface area (Å²) < 4.78 is 2.60. The van der Waals surface area contributed by atoms with E-state index in [9.17, 15) is 0 Å². The van der Waals surface area contributed by atoms with Gasteiger partial charge < -0.3 is 4.90 Å². The van der Waals surface area contributed by atoms with Crippen molar-refractivity contribution in [2.75, 3.05) is 4.90 Å². The van der Waals surface area contributed by atoms with Crippen LogP contribution in [0.2, 0.25) is 0 Å². The molecule has 1 nitrogen and oxygen atoms in total. The maximum atomic E-state index is 2.44. The van der Waals surface area contributed by atoms with Crippen LogP contribution in [0.25, 0.3) is 74.7 Å². The van der Waals surface area contributed by atoms with Crippen molar-refractivity contribution in [1.29, 1.82) is 0 Å². The molecule has 0 atom stereocenters. The average molecular weight is 654 g/mol. The van der Waals surface area contributed by atoms with Crippen molar-refractivity contribution in [2.45, 2.75) is 0 Å². The zero-order valence-electron chi connectivity index (χ0n) is 27.3. The van der Waals surface area contributed by atoms with Crippen molar-refractivity contribution in [1.82, 2.24) is 0 Å². The SMILES string of the molecule is c1cc(-c2ccc(N(c3ccc4c(ccc5ccccc54)c3)c3cccc4sc5ccccc5c34)cc2)cc(-c2cccc3ccccc23)c1. The number of anilines is 3. The Labute approximate surface area is 294 Å². The second-order valence-corrected chi connectivity index (χ2v) is 14.0. The van der Waals surface area contributed by atoms with Gasteiger partial charge in [0, 0.05) is 31.5 Å².